The van der Waals surface area contributed by atoms with Gasteiger partial charge in [0.2, 0.25) is 0 Å². The third-order valence-corrected chi connectivity index (χ3v) is 1.93. The topological polar surface area (TPSA) is 38.4 Å². The average molecular weight is 180 g/mol. The van der Waals surface area contributed by atoms with Crippen molar-refractivity contribution in [3.8, 4) is 0 Å². The summed E-state index contributed by atoms with van der Waals surface area (Å²) in [5.41, 5.74) is 9.04. The molecule has 0 saturated heterocycles. The average Bonchev–Trinajstić information content (AvgIpc) is 2.01. The van der Waals surface area contributed by atoms with Crippen LogP contribution in [0.1, 0.15) is 22.9 Å². The van der Waals surface area contributed by atoms with Gasteiger partial charge in [0.25, 0.3) is 0 Å². The number of nitrogens with zero attached hydrogens (tertiary/aromatic N) is 1. The monoisotopic (exact) mass is 180 g/mol. The first-order valence-electron chi connectivity index (χ1n) is 3.79. The van der Waals surface area contributed by atoms with Crippen molar-refractivity contribution in [1.29, 1.82) is 0 Å². The molecule has 0 saturated carbocycles. The van der Waals surface area contributed by atoms with Gasteiger partial charge in [-0.3, -0.25) is 0 Å². The third kappa shape index (κ3) is 2.09. The van der Waals surface area contributed by atoms with Gasteiger partial charge in [0.05, 0.1) is 0 Å². The highest BCUT2D eigenvalue weighted by Crippen LogP contribution is 2.15. The molecule has 0 bridgehead atoms. The summed E-state index contributed by atoms with van der Waals surface area (Å²) in [5, 5.41) is 0. The fourth-order valence-corrected chi connectivity index (χ4v) is 1.36. The maximum atomic E-state index is 5.66. The summed E-state index contributed by atoms with van der Waals surface area (Å²) in [6.45, 7) is 4.07. The van der Waals surface area contributed by atoms with Crippen molar-refractivity contribution < 1.29 is 0 Å². The number of hydrogen-bond acceptors (Lipinski definition) is 3. The zero-order chi connectivity index (χ0) is 9.14. The molecule has 3 heteroatoms. The van der Waals surface area contributed by atoms with Gasteiger partial charge >= 0.3 is 0 Å². The first kappa shape index (κ1) is 9.29. The minimum atomic E-state index is -0.362. The maximum Gasteiger partial charge on any atom is 0.136 e. The van der Waals surface area contributed by atoms with Crippen LogP contribution >= 0.6 is 0 Å². The normalized spacial score (nSPS) is 12.6. The molecule has 1 unspecified atom stereocenters. The molecule has 0 radical (unpaired) electrons. The SMILES string of the molecule is Cc1cc(C)cc(C(N)N=S)c1. The fraction of sp³-hybridized carbons (Fsp3) is 0.333. The number of benzene rings is 1. The molecule has 0 aromatic heterocycles. The van der Waals surface area contributed by atoms with E-state index in [1.807, 2.05) is 26.0 Å². The fourth-order valence-electron chi connectivity index (χ4n) is 1.24. The molecule has 0 heterocycles. The van der Waals surface area contributed by atoms with Crippen LogP contribution < -0.4 is 5.73 Å². The minimum absolute atomic E-state index is 0.362. The second kappa shape index (κ2) is 3.74. The largest absolute Gasteiger partial charge is 0.305 e. The van der Waals surface area contributed by atoms with Crippen molar-refractivity contribution >= 4 is 12.4 Å². The van der Waals surface area contributed by atoms with E-state index in [4.69, 9.17) is 5.73 Å². The second-order valence-electron chi connectivity index (χ2n) is 2.97. The van der Waals surface area contributed by atoms with Crippen LogP contribution in [0.2, 0.25) is 0 Å². The van der Waals surface area contributed by atoms with Crippen LogP contribution in [0.15, 0.2) is 22.6 Å². The summed E-state index contributed by atoms with van der Waals surface area (Å²) in [7, 11) is 0. The molecule has 0 aliphatic carbocycles. The Balaban J connectivity index is 3.08. The number of rotatable bonds is 2. The van der Waals surface area contributed by atoms with Crippen molar-refractivity contribution in [2.24, 2.45) is 10.1 Å². The first-order valence-corrected chi connectivity index (χ1v) is 4.16. The molecule has 64 valence electrons. The molecule has 12 heavy (non-hydrogen) atoms. The van der Waals surface area contributed by atoms with E-state index in [1.165, 1.54) is 11.1 Å². The Morgan fingerprint density at radius 3 is 2.17 bits per heavy atom. The molecule has 1 rings (SSSR count). The second-order valence-corrected chi connectivity index (χ2v) is 3.18. The van der Waals surface area contributed by atoms with Gasteiger partial charge in [-0.25, -0.2) is 0 Å². The maximum absolute atomic E-state index is 5.66. The van der Waals surface area contributed by atoms with Crippen molar-refractivity contribution in [3.05, 3.63) is 34.9 Å². The van der Waals surface area contributed by atoms with E-state index in [9.17, 15) is 0 Å². The van der Waals surface area contributed by atoms with E-state index in [2.05, 4.69) is 22.9 Å². The van der Waals surface area contributed by atoms with Crippen molar-refractivity contribution in [1.82, 2.24) is 0 Å². The molecule has 0 aliphatic rings. The molecule has 1 aromatic rings. The van der Waals surface area contributed by atoms with Gasteiger partial charge in [0.1, 0.15) is 6.17 Å². The summed E-state index contributed by atoms with van der Waals surface area (Å²) in [4.78, 5) is 0. The molecule has 1 aromatic carbocycles. The number of nitrogens with two attached hydrogens (primary N) is 1. The summed E-state index contributed by atoms with van der Waals surface area (Å²) in [6.07, 6.45) is -0.362. The van der Waals surface area contributed by atoms with Gasteiger partial charge in [-0.2, -0.15) is 4.36 Å². The van der Waals surface area contributed by atoms with Crippen LogP contribution in [-0.2, 0) is 12.4 Å². The molecule has 0 amide bonds. The number of aryl methyl sites for hydroxylation is 2. The lowest BCUT2D eigenvalue weighted by Gasteiger charge is -2.06. The van der Waals surface area contributed by atoms with Crippen molar-refractivity contribution in [3.63, 3.8) is 0 Å². The Kier molecular flexibility index (Phi) is 2.89. The predicted octanol–water partition coefficient (Wildman–Crippen LogP) is 1.99. The van der Waals surface area contributed by atoms with Crippen LogP contribution in [0, 0.1) is 13.8 Å². The lowest BCUT2D eigenvalue weighted by molar-refractivity contribution is 0.789. The predicted molar refractivity (Wildman–Crippen MR) is 52.6 cm³/mol. The summed E-state index contributed by atoms with van der Waals surface area (Å²) in [5.74, 6) is 0. The van der Waals surface area contributed by atoms with Gasteiger partial charge in [-0.1, -0.05) is 29.3 Å². The lowest BCUT2D eigenvalue weighted by Crippen LogP contribution is -2.06. The van der Waals surface area contributed by atoms with Gasteiger partial charge in [0, 0.05) is 12.4 Å². The van der Waals surface area contributed by atoms with Gasteiger partial charge in [-0.15, -0.1) is 0 Å². The van der Waals surface area contributed by atoms with E-state index in [0.717, 1.165) is 5.56 Å². The Bertz CT molecular complexity index is 276. The van der Waals surface area contributed by atoms with Crippen LogP contribution in [0.25, 0.3) is 0 Å². The van der Waals surface area contributed by atoms with E-state index in [1.54, 1.807) is 0 Å². The summed E-state index contributed by atoms with van der Waals surface area (Å²) >= 11 is 4.54. The van der Waals surface area contributed by atoms with E-state index >= 15 is 0 Å². The number of hydrogen-bond donors (Lipinski definition) is 1. The third-order valence-electron chi connectivity index (χ3n) is 1.70. The first-order chi connectivity index (χ1) is 5.63. The zero-order valence-corrected chi connectivity index (χ0v) is 8.06. The van der Waals surface area contributed by atoms with Crippen LogP contribution in [0.4, 0.5) is 0 Å². The molecule has 0 aliphatic heterocycles. The van der Waals surface area contributed by atoms with Crippen molar-refractivity contribution in [2.45, 2.75) is 20.0 Å². The van der Waals surface area contributed by atoms with Gasteiger partial charge in [0.15, 0.2) is 0 Å². The van der Waals surface area contributed by atoms with Crippen LogP contribution in [-0.4, -0.2) is 0 Å². The molecule has 0 fully saturated rings. The molecule has 2 nitrogen and oxygen atoms in total. The van der Waals surface area contributed by atoms with E-state index < -0.39 is 0 Å². The standard InChI is InChI=1S/C9H12N2S/c1-6-3-7(2)5-8(4-6)9(10)11-12/h3-5,9H,10H2,1-2H3. The summed E-state index contributed by atoms with van der Waals surface area (Å²) in [6, 6.07) is 6.11. The van der Waals surface area contributed by atoms with E-state index in [0.29, 0.717) is 0 Å². The van der Waals surface area contributed by atoms with Crippen molar-refractivity contribution in [2.75, 3.05) is 0 Å². The highest BCUT2D eigenvalue weighted by Gasteiger charge is 2.03. The molecular weight excluding hydrogens is 168 g/mol. The Labute approximate surface area is 78.0 Å². The lowest BCUT2D eigenvalue weighted by atomic mass is 10.1. The van der Waals surface area contributed by atoms with Gasteiger partial charge in [-0.05, 0) is 19.4 Å². The quantitative estimate of drug-likeness (QED) is 0.756. The molecule has 2 N–H and O–H groups in total. The highest BCUT2D eigenvalue weighted by molar-refractivity contribution is 7.47. The highest BCUT2D eigenvalue weighted by atomic mass is 32.1. The molecule has 1 atom stereocenters. The van der Waals surface area contributed by atoms with E-state index in [-0.39, 0.29) is 6.17 Å². The minimum Gasteiger partial charge on any atom is -0.305 e. The van der Waals surface area contributed by atoms with Gasteiger partial charge < -0.3 is 5.73 Å². The zero-order valence-electron chi connectivity index (χ0n) is 7.24. The summed E-state index contributed by atoms with van der Waals surface area (Å²) < 4.78 is 3.60. The smallest absolute Gasteiger partial charge is 0.136 e. The molecule has 0 spiro atoms. The van der Waals surface area contributed by atoms with Crippen LogP contribution in [0.3, 0.4) is 0 Å². The molecular formula is C9H12N2S. The Morgan fingerprint density at radius 1 is 1.25 bits per heavy atom. The Morgan fingerprint density at radius 2 is 1.75 bits per heavy atom. The Hall–Kier alpha value is -0.800. The van der Waals surface area contributed by atoms with Crippen LogP contribution in [0.5, 0.6) is 0 Å².